The summed E-state index contributed by atoms with van der Waals surface area (Å²) >= 11 is 0. The molecule has 0 amide bonds. The fourth-order valence-electron chi connectivity index (χ4n) is 3.96. The molecule has 3 aromatic rings. The molecule has 5 rings (SSSR count). The number of rotatable bonds is 4. The molecule has 0 unspecified atom stereocenters. The van der Waals surface area contributed by atoms with E-state index in [1.807, 2.05) is 23.6 Å². The Kier molecular flexibility index (Phi) is 3.59. The van der Waals surface area contributed by atoms with Crippen molar-refractivity contribution in [3.05, 3.63) is 51.3 Å². The SMILES string of the molecule is Cc1ccc2nnc(CN3CC(Cn4nc5c(cc4=O)CCC5)C3)n2n1. The van der Waals surface area contributed by atoms with E-state index in [1.54, 1.807) is 10.7 Å². The van der Waals surface area contributed by atoms with Gasteiger partial charge in [-0.2, -0.15) is 14.7 Å². The topological polar surface area (TPSA) is 81.2 Å². The first-order chi connectivity index (χ1) is 12.7. The Hall–Kier alpha value is -2.61. The molecule has 26 heavy (non-hydrogen) atoms. The van der Waals surface area contributed by atoms with Gasteiger partial charge in [-0.25, -0.2) is 4.68 Å². The van der Waals surface area contributed by atoms with Gasteiger partial charge in [0.1, 0.15) is 0 Å². The predicted octanol–water partition coefficient (Wildman–Crippen LogP) is 0.610. The zero-order valence-electron chi connectivity index (χ0n) is 14.8. The lowest BCUT2D eigenvalue weighted by Gasteiger charge is -2.38. The van der Waals surface area contributed by atoms with Gasteiger partial charge in [0.05, 0.1) is 24.5 Å². The lowest BCUT2D eigenvalue weighted by Crippen LogP contribution is -2.49. The van der Waals surface area contributed by atoms with E-state index >= 15 is 0 Å². The summed E-state index contributed by atoms with van der Waals surface area (Å²) in [6.07, 6.45) is 3.11. The first-order valence-electron chi connectivity index (χ1n) is 9.16. The van der Waals surface area contributed by atoms with Crippen LogP contribution in [-0.4, -0.2) is 47.6 Å². The van der Waals surface area contributed by atoms with Crippen LogP contribution in [0, 0.1) is 12.8 Å². The smallest absolute Gasteiger partial charge is 0.267 e. The third-order valence-electron chi connectivity index (χ3n) is 5.31. The maximum Gasteiger partial charge on any atom is 0.267 e. The molecule has 134 valence electrons. The van der Waals surface area contributed by atoms with Crippen LogP contribution >= 0.6 is 0 Å². The normalized spacial score (nSPS) is 17.6. The lowest BCUT2D eigenvalue weighted by molar-refractivity contribution is 0.0732. The molecule has 0 N–H and O–H groups in total. The largest absolute Gasteiger partial charge is 0.295 e. The molecule has 0 atom stereocenters. The highest BCUT2D eigenvalue weighted by Crippen LogP contribution is 2.21. The van der Waals surface area contributed by atoms with Gasteiger partial charge in [0, 0.05) is 25.1 Å². The van der Waals surface area contributed by atoms with Crippen LogP contribution in [0.2, 0.25) is 0 Å². The number of aromatic nitrogens is 6. The van der Waals surface area contributed by atoms with Crippen molar-refractivity contribution < 1.29 is 0 Å². The van der Waals surface area contributed by atoms with Gasteiger partial charge in [0.15, 0.2) is 11.5 Å². The molecule has 1 fully saturated rings. The minimum atomic E-state index is 0.0345. The van der Waals surface area contributed by atoms with E-state index in [-0.39, 0.29) is 5.56 Å². The molecule has 4 heterocycles. The van der Waals surface area contributed by atoms with Crippen molar-refractivity contribution in [2.45, 2.75) is 39.3 Å². The summed E-state index contributed by atoms with van der Waals surface area (Å²) in [6, 6.07) is 5.65. The van der Waals surface area contributed by atoms with E-state index in [9.17, 15) is 4.79 Å². The zero-order valence-corrected chi connectivity index (χ0v) is 14.8. The summed E-state index contributed by atoms with van der Waals surface area (Å²) in [5.74, 6) is 1.31. The number of nitrogens with zero attached hydrogens (tertiary/aromatic N) is 7. The number of hydrogen-bond acceptors (Lipinski definition) is 6. The highest BCUT2D eigenvalue weighted by molar-refractivity contribution is 5.36. The minimum absolute atomic E-state index is 0.0345. The zero-order chi connectivity index (χ0) is 17.7. The predicted molar refractivity (Wildman–Crippen MR) is 94.8 cm³/mol. The number of fused-ring (bicyclic) bond motifs is 2. The van der Waals surface area contributed by atoms with Crippen molar-refractivity contribution >= 4 is 5.65 Å². The molecule has 8 heteroatoms. The Morgan fingerprint density at radius 3 is 2.92 bits per heavy atom. The molecule has 8 nitrogen and oxygen atoms in total. The second-order valence-corrected chi connectivity index (χ2v) is 7.41. The molecule has 1 aliphatic heterocycles. The molecule has 0 aromatic carbocycles. The van der Waals surface area contributed by atoms with Gasteiger partial charge in [0.2, 0.25) is 0 Å². The molecule has 0 radical (unpaired) electrons. The monoisotopic (exact) mass is 351 g/mol. The van der Waals surface area contributed by atoms with E-state index in [2.05, 4.69) is 25.3 Å². The molecule has 3 aromatic heterocycles. The fraction of sp³-hybridized carbons (Fsp3) is 0.500. The average molecular weight is 351 g/mol. The molecule has 1 saturated heterocycles. The summed E-state index contributed by atoms with van der Waals surface area (Å²) in [5, 5.41) is 17.5. The summed E-state index contributed by atoms with van der Waals surface area (Å²) in [6.45, 7) is 5.25. The van der Waals surface area contributed by atoms with Gasteiger partial charge in [-0.15, -0.1) is 10.2 Å². The number of hydrogen-bond donors (Lipinski definition) is 0. The van der Waals surface area contributed by atoms with E-state index in [4.69, 9.17) is 0 Å². The molecule has 0 saturated carbocycles. The van der Waals surface area contributed by atoms with E-state index in [0.29, 0.717) is 12.5 Å². The molecule has 2 aliphatic rings. The quantitative estimate of drug-likeness (QED) is 0.685. The van der Waals surface area contributed by atoms with Gasteiger partial charge in [0.25, 0.3) is 5.56 Å². The van der Waals surface area contributed by atoms with E-state index in [1.165, 1.54) is 0 Å². The second-order valence-electron chi connectivity index (χ2n) is 7.41. The lowest BCUT2D eigenvalue weighted by atomic mass is 10.0. The highest BCUT2D eigenvalue weighted by Gasteiger charge is 2.29. The summed E-state index contributed by atoms with van der Waals surface area (Å²) in [4.78, 5) is 14.5. The Morgan fingerprint density at radius 1 is 1.15 bits per heavy atom. The van der Waals surface area contributed by atoms with Crippen LogP contribution in [0.1, 0.15) is 29.2 Å². The minimum Gasteiger partial charge on any atom is -0.295 e. The van der Waals surface area contributed by atoms with Crippen LogP contribution in [0.25, 0.3) is 5.65 Å². The summed E-state index contributed by atoms with van der Waals surface area (Å²) in [5.41, 5.74) is 4.01. The molecular weight excluding hydrogens is 330 g/mol. The third kappa shape index (κ3) is 2.70. The van der Waals surface area contributed by atoms with Crippen LogP contribution in [0.3, 0.4) is 0 Å². The first-order valence-corrected chi connectivity index (χ1v) is 9.16. The maximum absolute atomic E-state index is 12.2. The van der Waals surface area contributed by atoms with Crippen molar-refractivity contribution in [2.75, 3.05) is 13.1 Å². The Bertz CT molecular complexity index is 1030. The van der Waals surface area contributed by atoms with Gasteiger partial charge >= 0.3 is 0 Å². The van der Waals surface area contributed by atoms with Gasteiger partial charge < -0.3 is 0 Å². The summed E-state index contributed by atoms with van der Waals surface area (Å²) in [7, 11) is 0. The van der Waals surface area contributed by atoms with Crippen molar-refractivity contribution in [2.24, 2.45) is 5.92 Å². The summed E-state index contributed by atoms with van der Waals surface area (Å²) < 4.78 is 3.47. The van der Waals surface area contributed by atoms with E-state index < -0.39 is 0 Å². The third-order valence-corrected chi connectivity index (χ3v) is 5.31. The average Bonchev–Trinajstić information content (AvgIpc) is 3.19. The van der Waals surface area contributed by atoms with Crippen LogP contribution < -0.4 is 5.56 Å². The van der Waals surface area contributed by atoms with Gasteiger partial charge in [-0.3, -0.25) is 9.69 Å². The van der Waals surface area contributed by atoms with Crippen LogP contribution in [-0.2, 0) is 25.9 Å². The maximum atomic E-state index is 12.2. The number of aryl methyl sites for hydroxylation is 3. The Morgan fingerprint density at radius 2 is 2.04 bits per heavy atom. The van der Waals surface area contributed by atoms with Crippen molar-refractivity contribution in [3.63, 3.8) is 0 Å². The van der Waals surface area contributed by atoms with E-state index in [0.717, 1.165) is 67.3 Å². The Balaban J connectivity index is 1.24. The molecule has 0 spiro atoms. The second kappa shape index (κ2) is 5.98. The fourth-order valence-corrected chi connectivity index (χ4v) is 3.96. The van der Waals surface area contributed by atoms with Crippen LogP contribution in [0.4, 0.5) is 0 Å². The molecule has 0 bridgehead atoms. The standard InChI is InChI=1S/C18H21N7O/c1-12-5-6-16-19-20-17(25(16)21-12)11-23-8-13(9-23)10-24-18(26)7-14-3-2-4-15(14)22-24/h5-7,13H,2-4,8-11H2,1H3. The van der Waals surface area contributed by atoms with Gasteiger partial charge in [-0.05, 0) is 43.9 Å². The van der Waals surface area contributed by atoms with Gasteiger partial charge in [-0.1, -0.05) is 0 Å². The Labute approximate surface area is 150 Å². The van der Waals surface area contributed by atoms with Crippen molar-refractivity contribution in [1.29, 1.82) is 0 Å². The van der Waals surface area contributed by atoms with Crippen LogP contribution in [0.5, 0.6) is 0 Å². The van der Waals surface area contributed by atoms with Crippen LogP contribution in [0.15, 0.2) is 23.0 Å². The number of likely N-dealkylation sites (tertiary alicyclic amines) is 1. The molecule has 1 aliphatic carbocycles. The van der Waals surface area contributed by atoms with Crippen molar-refractivity contribution in [1.82, 2.24) is 34.5 Å². The first kappa shape index (κ1) is 15.6. The molecular formula is C18H21N7O. The highest BCUT2D eigenvalue weighted by atomic mass is 16.1. The van der Waals surface area contributed by atoms with Crippen molar-refractivity contribution in [3.8, 4) is 0 Å².